The quantitative estimate of drug-likeness (QED) is 0.790. The molecule has 1 fully saturated rings. The molecule has 0 radical (unpaired) electrons. The van der Waals surface area contributed by atoms with Crippen LogP contribution in [-0.4, -0.2) is 50.2 Å². The summed E-state index contributed by atoms with van der Waals surface area (Å²) in [6.45, 7) is 4.47. The molecule has 1 atom stereocenters. The molecule has 0 aliphatic carbocycles. The topological polar surface area (TPSA) is 86.8 Å². The number of nitrogens with one attached hydrogen (secondary N) is 1. The molecule has 1 saturated heterocycles. The Morgan fingerprint density at radius 2 is 1.90 bits per heavy atom. The fourth-order valence-electron chi connectivity index (χ4n) is 4.36. The lowest BCUT2D eigenvalue weighted by atomic mass is 9.88. The van der Waals surface area contributed by atoms with Crippen molar-refractivity contribution in [3.8, 4) is 0 Å². The van der Waals surface area contributed by atoms with Crippen LogP contribution in [0.5, 0.6) is 0 Å². The molecule has 2 aliphatic heterocycles. The van der Waals surface area contributed by atoms with Gasteiger partial charge in [-0.15, -0.1) is 0 Å². The zero-order valence-corrected chi connectivity index (χ0v) is 18.6. The molecule has 0 saturated carbocycles. The molecule has 31 heavy (non-hydrogen) atoms. The first kappa shape index (κ1) is 21.5. The van der Waals surface area contributed by atoms with Gasteiger partial charge in [0.05, 0.1) is 11.4 Å². The molecular weight excluding hydrogens is 414 g/mol. The van der Waals surface area contributed by atoms with Gasteiger partial charge in [-0.05, 0) is 48.6 Å². The summed E-state index contributed by atoms with van der Waals surface area (Å²) in [7, 11) is -3.87. The van der Waals surface area contributed by atoms with Crippen LogP contribution in [0.3, 0.4) is 0 Å². The second kappa shape index (κ2) is 8.43. The van der Waals surface area contributed by atoms with E-state index < -0.39 is 10.0 Å². The highest BCUT2D eigenvalue weighted by Crippen LogP contribution is 2.35. The van der Waals surface area contributed by atoms with Gasteiger partial charge in [-0.25, -0.2) is 8.42 Å². The first-order chi connectivity index (χ1) is 14.8. The fraction of sp³-hybridized carbons (Fsp3) is 0.391. The van der Waals surface area contributed by atoms with Crippen LogP contribution in [0.4, 0.5) is 5.69 Å². The molecule has 0 aromatic heterocycles. The van der Waals surface area contributed by atoms with Crippen molar-refractivity contribution in [2.75, 3.05) is 24.5 Å². The summed E-state index contributed by atoms with van der Waals surface area (Å²) in [6.07, 6.45) is 1.77. The summed E-state index contributed by atoms with van der Waals surface area (Å²) in [5.74, 6) is -0.276. The van der Waals surface area contributed by atoms with Gasteiger partial charge in [-0.3, -0.25) is 9.59 Å². The maximum absolute atomic E-state index is 13.6. The number of piperazine rings is 1. The summed E-state index contributed by atoms with van der Waals surface area (Å²) >= 11 is 0. The third-order valence-corrected chi connectivity index (χ3v) is 7.84. The standard InChI is InChI=1S/C23H27N3O4S/c1-16(2)20-11-10-17-6-3-4-9-21(17)26(20)23(28)18-7-5-8-19(14-18)31(29,30)25-13-12-24-22(27)15-25/h3-9,14,16,20H,10-13,15H2,1-2H3,(H,24,27)/t20-/m1/s1. The zero-order valence-electron chi connectivity index (χ0n) is 17.7. The molecule has 4 rings (SSSR count). The largest absolute Gasteiger partial charge is 0.354 e. The first-order valence-corrected chi connectivity index (χ1v) is 12.0. The zero-order chi connectivity index (χ0) is 22.2. The van der Waals surface area contributed by atoms with Crippen molar-refractivity contribution in [3.63, 3.8) is 0 Å². The van der Waals surface area contributed by atoms with E-state index in [1.165, 1.54) is 12.1 Å². The average molecular weight is 442 g/mol. The van der Waals surface area contributed by atoms with Gasteiger partial charge in [0.25, 0.3) is 5.91 Å². The van der Waals surface area contributed by atoms with Crippen LogP contribution in [0.1, 0.15) is 36.2 Å². The maximum atomic E-state index is 13.6. The minimum Gasteiger partial charge on any atom is -0.354 e. The van der Waals surface area contributed by atoms with Gasteiger partial charge < -0.3 is 10.2 Å². The van der Waals surface area contributed by atoms with Crippen LogP contribution in [0.25, 0.3) is 0 Å². The predicted molar refractivity (Wildman–Crippen MR) is 118 cm³/mol. The number of amides is 2. The number of benzene rings is 2. The SMILES string of the molecule is CC(C)[C@H]1CCc2ccccc2N1C(=O)c1cccc(S(=O)(=O)N2CCNC(=O)C2)c1. The van der Waals surface area contributed by atoms with Crippen LogP contribution in [0, 0.1) is 5.92 Å². The van der Waals surface area contributed by atoms with Gasteiger partial charge in [-0.2, -0.15) is 4.31 Å². The van der Waals surface area contributed by atoms with Crippen molar-refractivity contribution < 1.29 is 18.0 Å². The number of hydrogen-bond donors (Lipinski definition) is 1. The molecule has 7 nitrogen and oxygen atoms in total. The number of hydrogen-bond acceptors (Lipinski definition) is 4. The minimum absolute atomic E-state index is 0.0273. The van der Waals surface area contributed by atoms with Gasteiger partial charge in [0.2, 0.25) is 15.9 Å². The van der Waals surface area contributed by atoms with E-state index in [0.717, 1.165) is 28.4 Å². The Morgan fingerprint density at radius 3 is 2.65 bits per heavy atom. The highest BCUT2D eigenvalue weighted by molar-refractivity contribution is 7.89. The first-order valence-electron chi connectivity index (χ1n) is 10.6. The van der Waals surface area contributed by atoms with E-state index in [1.54, 1.807) is 12.1 Å². The smallest absolute Gasteiger partial charge is 0.258 e. The lowest BCUT2D eigenvalue weighted by Crippen LogP contribution is -2.49. The van der Waals surface area contributed by atoms with Crippen LogP contribution >= 0.6 is 0 Å². The average Bonchev–Trinajstić information content (AvgIpc) is 2.77. The Hall–Kier alpha value is -2.71. The highest BCUT2D eigenvalue weighted by atomic mass is 32.2. The van der Waals surface area contributed by atoms with Crippen LogP contribution in [-0.2, 0) is 21.2 Å². The molecule has 0 bridgehead atoms. The molecule has 2 aromatic rings. The highest BCUT2D eigenvalue weighted by Gasteiger charge is 2.34. The molecule has 0 spiro atoms. The van der Waals surface area contributed by atoms with Crippen molar-refractivity contribution in [1.82, 2.24) is 9.62 Å². The third-order valence-electron chi connectivity index (χ3n) is 6.00. The molecule has 2 amide bonds. The van der Waals surface area contributed by atoms with E-state index in [-0.39, 0.29) is 48.3 Å². The van der Waals surface area contributed by atoms with Crippen molar-refractivity contribution in [3.05, 3.63) is 59.7 Å². The molecule has 1 N–H and O–H groups in total. The molecule has 2 heterocycles. The predicted octanol–water partition coefficient (Wildman–Crippen LogP) is 2.42. The second-order valence-electron chi connectivity index (χ2n) is 8.37. The third kappa shape index (κ3) is 4.09. The normalized spacial score (nSPS) is 19.8. The summed E-state index contributed by atoms with van der Waals surface area (Å²) in [5.41, 5.74) is 2.33. The van der Waals surface area contributed by atoms with E-state index in [4.69, 9.17) is 0 Å². The maximum Gasteiger partial charge on any atom is 0.258 e. The van der Waals surface area contributed by atoms with Crippen molar-refractivity contribution >= 4 is 27.5 Å². The molecule has 2 aliphatic rings. The van der Waals surface area contributed by atoms with Gasteiger partial charge in [0, 0.05) is 30.4 Å². The molecule has 0 unspecified atom stereocenters. The molecular formula is C23H27N3O4S. The monoisotopic (exact) mass is 441 g/mol. The van der Waals surface area contributed by atoms with E-state index in [0.29, 0.717) is 5.56 Å². The summed E-state index contributed by atoms with van der Waals surface area (Å²) in [6, 6.07) is 14.1. The Kier molecular flexibility index (Phi) is 5.85. The Bertz CT molecular complexity index is 1110. The van der Waals surface area contributed by atoms with Crippen LogP contribution in [0.15, 0.2) is 53.4 Å². The number of para-hydroxylation sites is 1. The summed E-state index contributed by atoms with van der Waals surface area (Å²) in [4.78, 5) is 27.2. The number of nitrogens with zero attached hydrogens (tertiary/aromatic N) is 2. The van der Waals surface area contributed by atoms with Gasteiger partial charge in [-0.1, -0.05) is 38.1 Å². The Labute approximate surface area is 183 Å². The van der Waals surface area contributed by atoms with Crippen molar-refractivity contribution in [2.45, 2.75) is 37.6 Å². The van der Waals surface area contributed by atoms with E-state index >= 15 is 0 Å². The number of carbonyl (C=O) groups excluding carboxylic acids is 2. The number of fused-ring (bicyclic) bond motifs is 1. The van der Waals surface area contributed by atoms with Crippen LogP contribution in [0.2, 0.25) is 0 Å². The van der Waals surface area contributed by atoms with Crippen LogP contribution < -0.4 is 10.2 Å². The van der Waals surface area contributed by atoms with Gasteiger partial charge in [0.1, 0.15) is 0 Å². The minimum atomic E-state index is -3.87. The van der Waals surface area contributed by atoms with Crippen molar-refractivity contribution in [1.29, 1.82) is 0 Å². The number of aryl methyl sites for hydroxylation is 1. The molecule has 2 aromatic carbocycles. The molecule has 8 heteroatoms. The fourth-order valence-corrected chi connectivity index (χ4v) is 5.80. The van der Waals surface area contributed by atoms with E-state index in [1.807, 2.05) is 29.2 Å². The van der Waals surface area contributed by atoms with Crippen molar-refractivity contribution in [2.24, 2.45) is 5.92 Å². The van der Waals surface area contributed by atoms with Gasteiger partial charge in [0.15, 0.2) is 0 Å². The Balaban J connectivity index is 1.70. The summed E-state index contributed by atoms with van der Waals surface area (Å²) < 4.78 is 27.3. The number of rotatable bonds is 4. The summed E-state index contributed by atoms with van der Waals surface area (Å²) in [5, 5.41) is 2.63. The number of anilines is 1. The number of carbonyl (C=O) groups is 2. The lowest BCUT2D eigenvalue weighted by molar-refractivity contribution is -0.122. The Morgan fingerprint density at radius 1 is 1.13 bits per heavy atom. The van der Waals surface area contributed by atoms with E-state index in [2.05, 4.69) is 19.2 Å². The van der Waals surface area contributed by atoms with E-state index in [9.17, 15) is 18.0 Å². The van der Waals surface area contributed by atoms with Gasteiger partial charge >= 0.3 is 0 Å². The number of sulfonamides is 1. The molecule has 164 valence electrons. The second-order valence-corrected chi connectivity index (χ2v) is 10.3. The lowest BCUT2D eigenvalue weighted by Gasteiger charge is -2.39.